The zero-order valence-electron chi connectivity index (χ0n) is 17.3. The van der Waals surface area contributed by atoms with E-state index in [-0.39, 0.29) is 12.5 Å². The molecule has 0 radical (unpaired) electrons. The predicted molar refractivity (Wildman–Crippen MR) is 122 cm³/mol. The fraction of sp³-hybridized carbons (Fsp3) is 0.400. The minimum atomic E-state index is -0.0225. The van der Waals surface area contributed by atoms with Crippen LogP contribution in [-0.4, -0.2) is 66.2 Å². The lowest BCUT2D eigenvalue weighted by atomic mass is 10.2. The molecule has 0 atom stereocenters. The number of piperazine rings is 1. The number of hydrogen-bond donors (Lipinski definition) is 0. The monoisotopic (exact) mass is 481 g/mol. The van der Waals surface area contributed by atoms with Crippen molar-refractivity contribution in [3.05, 3.63) is 38.6 Å². The van der Waals surface area contributed by atoms with Gasteiger partial charge in [-0.05, 0) is 18.6 Å². The van der Waals surface area contributed by atoms with Crippen LogP contribution >= 0.6 is 34.5 Å². The van der Waals surface area contributed by atoms with Crippen LogP contribution in [0.5, 0.6) is 5.88 Å². The lowest BCUT2D eigenvalue weighted by molar-refractivity contribution is 0.0751. The van der Waals surface area contributed by atoms with Gasteiger partial charge in [-0.2, -0.15) is 4.98 Å². The minimum absolute atomic E-state index is 0.0225. The van der Waals surface area contributed by atoms with Gasteiger partial charge in [0.1, 0.15) is 17.3 Å². The Labute approximate surface area is 193 Å². The summed E-state index contributed by atoms with van der Waals surface area (Å²) in [5.41, 5.74) is 0.829. The van der Waals surface area contributed by atoms with Gasteiger partial charge in [-0.25, -0.2) is 9.97 Å². The van der Waals surface area contributed by atoms with Crippen molar-refractivity contribution in [1.82, 2.24) is 19.9 Å². The molecular weight excluding hydrogens is 461 g/mol. The summed E-state index contributed by atoms with van der Waals surface area (Å²) in [5, 5.41) is 1.77. The highest BCUT2D eigenvalue weighted by molar-refractivity contribution is 7.20. The maximum atomic E-state index is 13.3. The first-order valence-electron chi connectivity index (χ1n) is 9.61. The van der Waals surface area contributed by atoms with E-state index in [4.69, 9.17) is 32.7 Å². The summed E-state index contributed by atoms with van der Waals surface area (Å²) < 4.78 is 10.6. The number of halogens is 2. The molecule has 3 aromatic heterocycles. The quantitative estimate of drug-likeness (QED) is 0.547. The van der Waals surface area contributed by atoms with Crippen LogP contribution in [-0.2, 0) is 11.3 Å². The lowest BCUT2D eigenvalue weighted by Gasteiger charge is -2.35. The summed E-state index contributed by atoms with van der Waals surface area (Å²) in [6, 6.07) is 1.68. The van der Waals surface area contributed by atoms with E-state index in [1.807, 2.05) is 11.8 Å². The van der Waals surface area contributed by atoms with Gasteiger partial charge < -0.3 is 19.3 Å². The number of fused-ring (bicyclic) bond motifs is 1. The van der Waals surface area contributed by atoms with Crippen molar-refractivity contribution in [2.45, 2.75) is 13.5 Å². The van der Waals surface area contributed by atoms with Gasteiger partial charge in [0, 0.05) is 39.5 Å². The molecule has 4 heterocycles. The standard InChI is InChI=1S/C20H21Cl2N5O3S/c1-11-15-18(30-3)24-14(10-29-2)25-19(15)31-16(11)20(28)27-6-4-26(5-7-27)17-13(22)8-12(21)9-23-17/h8-9H,4-7,10H2,1-3H3. The fourth-order valence-electron chi connectivity index (χ4n) is 3.59. The highest BCUT2D eigenvalue weighted by Crippen LogP contribution is 2.36. The molecule has 0 aromatic carbocycles. The Hall–Kier alpha value is -2.20. The van der Waals surface area contributed by atoms with Gasteiger partial charge in [-0.15, -0.1) is 11.3 Å². The number of carbonyl (C=O) groups excluding carboxylic acids is 1. The maximum Gasteiger partial charge on any atom is 0.264 e. The summed E-state index contributed by atoms with van der Waals surface area (Å²) >= 11 is 13.6. The van der Waals surface area contributed by atoms with E-state index in [0.29, 0.717) is 58.6 Å². The summed E-state index contributed by atoms with van der Waals surface area (Å²) in [5.74, 6) is 1.64. The number of anilines is 1. The number of pyridine rings is 1. The van der Waals surface area contributed by atoms with Crippen molar-refractivity contribution in [2.75, 3.05) is 45.3 Å². The van der Waals surface area contributed by atoms with Crippen molar-refractivity contribution < 1.29 is 14.3 Å². The van der Waals surface area contributed by atoms with Crippen LogP contribution in [0.15, 0.2) is 12.3 Å². The van der Waals surface area contributed by atoms with E-state index in [2.05, 4.69) is 19.9 Å². The first-order valence-corrected chi connectivity index (χ1v) is 11.2. The van der Waals surface area contributed by atoms with Crippen LogP contribution in [0.1, 0.15) is 21.1 Å². The summed E-state index contributed by atoms with van der Waals surface area (Å²) in [4.78, 5) is 31.8. The average molecular weight is 482 g/mol. The molecule has 4 rings (SSSR count). The van der Waals surface area contributed by atoms with Gasteiger partial charge in [0.15, 0.2) is 5.82 Å². The van der Waals surface area contributed by atoms with Crippen LogP contribution in [0.25, 0.3) is 10.2 Å². The molecule has 1 saturated heterocycles. The van der Waals surface area contributed by atoms with Crippen molar-refractivity contribution >= 4 is 56.5 Å². The number of thiophene rings is 1. The van der Waals surface area contributed by atoms with Crippen molar-refractivity contribution in [2.24, 2.45) is 0 Å². The zero-order valence-corrected chi connectivity index (χ0v) is 19.6. The van der Waals surface area contributed by atoms with E-state index >= 15 is 0 Å². The van der Waals surface area contributed by atoms with Gasteiger partial charge in [-0.1, -0.05) is 23.2 Å². The second kappa shape index (κ2) is 9.12. The van der Waals surface area contributed by atoms with Gasteiger partial charge in [0.2, 0.25) is 5.88 Å². The van der Waals surface area contributed by atoms with Gasteiger partial charge >= 0.3 is 0 Å². The fourth-order valence-corrected chi connectivity index (χ4v) is 5.25. The Morgan fingerprint density at radius 2 is 1.94 bits per heavy atom. The van der Waals surface area contributed by atoms with Crippen LogP contribution in [0, 0.1) is 6.92 Å². The van der Waals surface area contributed by atoms with Crippen LogP contribution in [0.2, 0.25) is 10.0 Å². The summed E-state index contributed by atoms with van der Waals surface area (Å²) in [6.07, 6.45) is 1.58. The number of rotatable bonds is 5. The number of aryl methyl sites for hydroxylation is 1. The first-order chi connectivity index (χ1) is 14.9. The molecule has 11 heteroatoms. The molecule has 1 aliphatic rings. The number of ether oxygens (including phenoxy) is 2. The maximum absolute atomic E-state index is 13.3. The molecule has 1 amide bonds. The molecule has 0 N–H and O–H groups in total. The molecule has 0 aliphatic carbocycles. The molecule has 0 saturated carbocycles. The summed E-state index contributed by atoms with van der Waals surface area (Å²) in [7, 11) is 3.15. The van der Waals surface area contributed by atoms with E-state index in [1.54, 1.807) is 26.5 Å². The van der Waals surface area contributed by atoms with E-state index in [1.165, 1.54) is 11.3 Å². The van der Waals surface area contributed by atoms with E-state index in [9.17, 15) is 4.79 Å². The van der Waals surface area contributed by atoms with Gasteiger partial charge in [-0.3, -0.25) is 4.79 Å². The third-order valence-corrected chi connectivity index (χ3v) is 6.78. The Balaban J connectivity index is 1.55. The molecule has 1 fully saturated rings. The second-order valence-electron chi connectivity index (χ2n) is 7.06. The molecule has 0 bridgehead atoms. The molecule has 0 spiro atoms. The molecule has 0 unspecified atom stereocenters. The third kappa shape index (κ3) is 4.27. The highest BCUT2D eigenvalue weighted by Gasteiger charge is 2.28. The highest BCUT2D eigenvalue weighted by atomic mass is 35.5. The Bertz CT molecular complexity index is 1130. The van der Waals surface area contributed by atoms with Crippen LogP contribution in [0.3, 0.4) is 0 Å². The summed E-state index contributed by atoms with van der Waals surface area (Å²) in [6.45, 7) is 4.56. The molecule has 164 valence electrons. The molecular formula is C20H21Cl2N5O3S. The topological polar surface area (TPSA) is 80.7 Å². The van der Waals surface area contributed by atoms with E-state index < -0.39 is 0 Å². The first kappa shape index (κ1) is 22.0. The minimum Gasteiger partial charge on any atom is -0.480 e. The molecule has 8 nitrogen and oxygen atoms in total. The number of amides is 1. The molecule has 31 heavy (non-hydrogen) atoms. The third-order valence-electron chi connectivity index (χ3n) is 5.12. The Morgan fingerprint density at radius 3 is 2.58 bits per heavy atom. The van der Waals surface area contributed by atoms with Gasteiger partial charge in [0.25, 0.3) is 5.91 Å². The van der Waals surface area contributed by atoms with Crippen molar-refractivity contribution in [3.8, 4) is 5.88 Å². The Kier molecular flexibility index (Phi) is 6.47. The average Bonchev–Trinajstić information content (AvgIpc) is 3.09. The zero-order chi connectivity index (χ0) is 22.1. The lowest BCUT2D eigenvalue weighted by Crippen LogP contribution is -2.49. The van der Waals surface area contributed by atoms with Crippen molar-refractivity contribution in [3.63, 3.8) is 0 Å². The normalized spacial score (nSPS) is 14.4. The smallest absolute Gasteiger partial charge is 0.264 e. The predicted octanol–water partition coefficient (Wildman–Crippen LogP) is 3.82. The number of aromatic nitrogens is 3. The Morgan fingerprint density at radius 1 is 1.19 bits per heavy atom. The number of hydrogen-bond acceptors (Lipinski definition) is 8. The van der Waals surface area contributed by atoms with Gasteiger partial charge in [0.05, 0.1) is 27.4 Å². The molecule has 3 aromatic rings. The number of nitrogens with zero attached hydrogens (tertiary/aromatic N) is 5. The van der Waals surface area contributed by atoms with E-state index in [0.717, 1.165) is 15.8 Å². The van der Waals surface area contributed by atoms with Crippen molar-refractivity contribution in [1.29, 1.82) is 0 Å². The molecule has 1 aliphatic heterocycles. The van der Waals surface area contributed by atoms with Crippen LogP contribution < -0.4 is 9.64 Å². The number of carbonyl (C=O) groups is 1. The largest absolute Gasteiger partial charge is 0.480 e. The van der Waals surface area contributed by atoms with Crippen LogP contribution in [0.4, 0.5) is 5.82 Å². The second-order valence-corrected chi connectivity index (χ2v) is 8.90. The number of methoxy groups -OCH3 is 2. The SMILES string of the molecule is COCc1nc(OC)c2c(C)c(C(=O)N3CCN(c4ncc(Cl)cc4Cl)CC3)sc2n1.